The van der Waals surface area contributed by atoms with E-state index in [1.807, 2.05) is 60.7 Å². The fourth-order valence-corrected chi connectivity index (χ4v) is 0.642. The Kier molecular flexibility index (Phi) is 26.4. The molecule has 0 spiro atoms. The first-order chi connectivity index (χ1) is 7.83. The van der Waals surface area contributed by atoms with Gasteiger partial charge in [0.15, 0.2) is 0 Å². The fourth-order valence-electron chi connectivity index (χ4n) is 0.642. The zero-order valence-corrected chi connectivity index (χ0v) is 14.4. The van der Waals surface area contributed by atoms with E-state index in [0.717, 1.165) is 0 Å². The maximum atomic E-state index is 4.89. The number of rotatable bonds is 0. The molecule has 0 radical (unpaired) electrons. The standard InChI is InChI=1S/2C5H5.4ClH.2Ti/c2*1-2-4-5-3-1;;;;;;/h2*1-5H;4*1H;;/q2*-1;;;;;2*+2/p-4. The molecule has 0 atom stereocenters. The van der Waals surface area contributed by atoms with Crippen LogP contribution in [0.5, 0.6) is 0 Å². The van der Waals surface area contributed by atoms with Crippen LogP contribution in [0.1, 0.15) is 0 Å². The second-order valence-electron chi connectivity index (χ2n) is 2.07. The first-order valence-corrected chi connectivity index (χ1v) is 12.7. The summed E-state index contributed by atoms with van der Waals surface area (Å²) >= 11 is -1.11. The zero-order chi connectivity index (χ0) is 12.5. The summed E-state index contributed by atoms with van der Waals surface area (Å²) in [5, 5.41) is 0. The van der Waals surface area contributed by atoms with E-state index in [9.17, 15) is 0 Å². The van der Waals surface area contributed by atoms with Gasteiger partial charge in [-0.25, -0.2) is 24.3 Å². The molecule has 0 fully saturated rings. The molecule has 0 aromatic heterocycles. The predicted molar refractivity (Wildman–Crippen MR) is 67.5 cm³/mol. The third-order valence-corrected chi connectivity index (χ3v) is 1.11. The molecule has 0 aliphatic rings. The minimum Gasteiger partial charge on any atom is -0.214 e. The smallest absolute Gasteiger partial charge is 0.172 e. The van der Waals surface area contributed by atoms with E-state index in [1.54, 1.807) is 0 Å². The van der Waals surface area contributed by atoms with Gasteiger partial charge < -0.3 is 0 Å². The third-order valence-electron chi connectivity index (χ3n) is 1.11. The van der Waals surface area contributed by atoms with Gasteiger partial charge in [-0.1, -0.05) is 0 Å². The molecule has 6 heteroatoms. The van der Waals surface area contributed by atoms with Crippen molar-refractivity contribution in [1.29, 1.82) is 0 Å². The van der Waals surface area contributed by atoms with Crippen molar-refractivity contribution in [3.05, 3.63) is 60.7 Å². The van der Waals surface area contributed by atoms with Crippen LogP contribution in [0.2, 0.25) is 0 Å². The Hall–Kier alpha value is 1.29. The average Bonchev–Trinajstić information content (AvgIpc) is 3.00. The minimum absolute atomic E-state index is 0.556. The summed E-state index contributed by atoms with van der Waals surface area (Å²) < 4.78 is 0. The van der Waals surface area contributed by atoms with Gasteiger partial charge in [-0.3, -0.25) is 0 Å². The number of hydrogen-bond acceptors (Lipinski definition) is 0. The van der Waals surface area contributed by atoms with Crippen LogP contribution in [-0.4, -0.2) is 0 Å². The van der Waals surface area contributed by atoms with E-state index >= 15 is 0 Å². The van der Waals surface area contributed by atoms with E-state index in [2.05, 4.69) is 0 Å². The van der Waals surface area contributed by atoms with Crippen LogP contribution >= 0.6 is 37.2 Å². The molecule has 88 valence electrons. The molecule has 0 aliphatic heterocycles. The van der Waals surface area contributed by atoms with Gasteiger partial charge >= 0.3 is 71.3 Å². The monoisotopic (exact) mass is 366 g/mol. The number of halogens is 4. The normalized spacial score (nSPS) is 6.75. The molecule has 0 unspecified atom stereocenters. The van der Waals surface area contributed by atoms with Gasteiger partial charge in [0, 0.05) is 0 Å². The van der Waals surface area contributed by atoms with E-state index in [1.165, 1.54) is 0 Å². The first kappa shape index (κ1) is 19.6. The van der Waals surface area contributed by atoms with E-state index < -0.39 is 34.1 Å². The summed E-state index contributed by atoms with van der Waals surface area (Å²) in [5.74, 6) is 0. The zero-order valence-electron chi connectivity index (χ0n) is 8.29. The van der Waals surface area contributed by atoms with Crippen LogP contribution < -0.4 is 0 Å². The van der Waals surface area contributed by atoms with Gasteiger partial charge in [0.25, 0.3) is 0 Å². The molecule has 0 nitrogen and oxygen atoms in total. The Labute approximate surface area is 130 Å². The Morgan fingerprint density at radius 1 is 0.562 bits per heavy atom. The molecule has 2 aromatic carbocycles. The molecule has 2 aromatic rings. The van der Waals surface area contributed by atoms with Gasteiger partial charge in [0.05, 0.1) is 0 Å². The van der Waals surface area contributed by atoms with Crippen molar-refractivity contribution < 1.29 is 34.1 Å². The van der Waals surface area contributed by atoms with Crippen molar-refractivity contribution in [1.82, 2.24) is 0 Å². The van der Waals surface area contributed by atoms with Crippen LogP contribution in [-0.2, 0) is 34.1 Å². The van der Waals surface area contributed by atoms with Crippen LogP contribution in [0.15, 0.2) is 60.7 Å². The summed E-state index contributed by atoms with van der Waals surface area (Å²) in [4.78, 5) is 0. The summed E-state index contributed by atoms with van der Waals surface area (Å²) in [6.45, 7) is 0. The van der Waals surface area contributed by atoms with Crippen LogP contribution in [0.25, 0.3) is 0 Å². The third kappa shape index (κ3) is 24.5. The van der Waals surface area contributed by atoms with Crippen LogP contribution in [0, 0.1) is 0 Å². The topological polar surface area (TPSA) is 0 Å². The van der Waals surface area contributed by atoms with Gasteiger partial charge in [-0.15, -0.1) is 0 Å². The van der Waals surface area contributed by atoms with E-state index in [0.29, 0.717) is 0 Å². The molecule has 2 rings (SSSR count). The van der Waals surface area contributed by atoms with Crippen LogP contribution in [0.3, 0.4) is 0 Å². The molecule has 0 saturated heterocycles. The minimum atomic E-state index is -0.556. The van der Waals surface area contributed by atoms with Crippen molar-refractivity contribution in [3.63, 3.8) is 0 Å². The SMILES string of the molecule is [Cl][Ti][Cl].[Cl][Ti][Cl].c1cc[cH-]c1.c1cc[cH-]c1. The Bertz CT molecular complexity index is 183. The van der Waals surface area contributed by atoms with Crippen molar-refractivity contribution in [2.24, 2.45) is 0 Å². The van der Waals surface area contributed by atoms with Crippen molar-refractivity contribution >= 4 is 37.2 Å². The summed E-state index contributed by atoms with van der Waals surface area (Å²) in [6, 6.07) is 20.0. The molecule has 0 aliphatic carbocycles. The maximum absolute atomic E-state index is 4.89. The molecule has 16 heavy (non-hydrogen) atoms. The Morgan fingerprint density at radius 3 is 0.812 bits per heavy atom. The number of hydrogen-bond donors (Lipinski definition) is 0. The molecule has 0 amide bonds. The second kappa shape index (κ2) is 21.6. The van der Waals surface area contributed by atoms with E-state index in [4.69, 9.17) is 37.2 Å². The quantitative estimate of drug-likeness (QED) is 0.422. The molecular weight excluding hydrogens is 358 g/mol. The Morgan fingerprint density at radius 2 is 0.750 bits per heavy atom. The maximum Gasteiger partial charge on any atom is -0.172 e. The predicted octanol–water partition coefficient (Wildman–Crippen LogP) is 5.56. The van der Waals surface area contributed by atoms with Crippen molar-refractivity contribution in [2.45, 2.75) is 0 Å². The van der Waals surface area contributed by atoms with Crippen molar-refractivity contribution in [3.8, 4) is 0 Å². The average molecular weight is 368 g/mol. The molecule has 0 bridgehead atoms. The van der Waals surface area contributed by atoms with Gasteiger partial charge in [0.2, 0.25) is 0 Å². The fraction of sp³-hybridized carbons (Fsp3) is 0. The molecule has 0 saturated carbocycles. The first-order valence-electron chi connectivity index (χ1n) is 4.09. The summed E-state index contributed by atoms with van der Waals surface area (Å²) in [6.07, 6.45) is 0. The summed E-state index contributed by atoms with van der Waals surface area (Å²) in [7, 11) is 19.6. The van der Waals surface area contributed by atoms with Gasteiger partial charge in [0.1, 0.15) is 0 Å². The molecule has 0 N–H and O–H groups in total. The van der Waals surface area contributed by atoms with Crippen molar-refractivity contribution in [2.75, 3.05) is 0 Å². The van der Waals surface area contributed by atoms with Gasteiger partial charge in [-0.05, 0) is 0 Å². The van der Waals surface area contributed by atoms with Crippen LogP contribution in [0.4, 0.5) is 0 Å². The Balaban J connectivity index is 0. The molecular formula is C10H10Cl4Ti2-2. The van der Waals surface area contributed by atoms with E-state index in [-0.39, 0.29) is 0 Å². The largest absolute Gasteiger partial charge is 0.214 e. The second-order valence-corrected chi connectivity index (χ2v) is 7.23. The molecule has 0 heterocycles. The summed E-state index contributed by atoms with van der Waals surface area (Å²) in [5.41, 5.74) is 0. The van der Waals surface area contributed by atoms with Gasteiger partial charge in [-0.2, -0.15) is 36.4 Å².